The molecule has 0 radical (unpaired) electrons. The van der Waals surface area contributed by atoms with Gasteiger partial charge in [-0.25, -0.2) is 4.98 Å². The SMILES string of the molecule is C=C(Nc1cnccc1N1CCNCC1)c1cnc(N2CCCC2)[nH]1. The van der Waals surface area contributed by atoms with Crippen LogP contribution in [0.1, 0.15) is 18.5 Å². The monoisotopic (exact) mass is 339 g/mol. The first-order chi connectivity index (χ1) is 12.3. The van der Waals surface area contributed by atoms with Gasteiger partial charge in [-0.05, 0) is 18.9 Å². The standard InChI is InChI=1S/C18H25N7/c1-14(15-13-21-18(23-15)25-8-2-3-9-25)22-16-12-20-5-4-17(16)24-10-6-19-7-11-24/h4-5,12-13,19,22H,1-3,6-11H2,(H,21,23). The molecule has 0 saturated carbocycles. The van der Waals surface area contributed by atoms with E-state index in [-0.39, 0.29) is 0 Å². The second-order valence-electron chi connectivity index (χ2n) is 6.55. The first kappa shape index (κ1) is 16.0. The zero-order valence-electron chi connectivity index (χ0n) is 14.5. The van der Waals surface area contributed by atoms with Gasteiger partial charge in [-0.2, -0.15) is 0 Å². The Morgan fingerprint density at radius 3 is 2.68 bits per heavy atom. The highest BCUT2D eigenvalue weighted by Crippen LogP contribution is 2.28. The second-order valence-corrected chi connectivity index (χ2v) is 6.55. The van der Waals surface area contributed by atoms with Crippen LogP contribution < -0.4 is 20.4 Å². The maximum Gasteiger partial charge on any atom is 0.203 e. The van der Waals surface area contributed by atoms with Crippen LogP contribution in [0.5, 0.6) is 0 Å². The van der Waals surface area contributed by atoms with Gasteiger partial charge in [-0.1, -0.05) is 6.58 Å². The van der Waals surface area contributed by atoms with E-state index in [1.54, 1.807) is 0 Å². The van der Waals surface area contributed by atoms with E-state index >= 15 is 0 Å². The highest BCUT2D eigenvalue weighted by atomic mass is 15.3. The maximum absolute atomic E-state index is 4.51. The molecule has 2 aromatic heterocycles. The minimum absolute atomic E-state index is 0.808. The Hall–Kier alpha value is -2.54. The Kier molecular flexibility index (Phi) is 4.56. The van der Waals surface area contributed by atoms with Crippen molar-refractivity contribution in [2.75, 3.05) is 54.4 Å². The quantitative estimate of drug-likeness (QED) is 0.773. The van der Waals surface area contributed by atoms with E-state index in [1.165, 1.54) is 12.8 Å². The van der Waals surface area contributed by atoms with Gasteiger partial charge >= 0.3 is 0 Å². The van der Waals surface area contributed by atoms with Gasteiger partial charge < -0.3 is 25.4 Å². The van der Waals surface area contributed by atoms with Crippen molar-refractivity contribution in [3.63, 3.8) is 0 Å². The first-order valence-corrected chi connectivity index (χ1v) is 8.97. The molecule has 2 aromatic rings. The molecule has 0 atom stereocenters. The number of nitrogens with one attached hydrogen (secondary N) is 3. The highest BCUT2D eigenvalue weighted by Gasteiger charge is 2.17. The van der Waals surface area contributed by atoms with Gasteiger partial charge in [0.05, 0.1) is 35.2 Å². The van der Waals surface area contributed by atoms with Crippen molar-refractivity contribution < 1.29 is 0 Å². The Bertz CT molecular complexity index is 727. The van der Waals surface area contributed by atoms with Crippen molar-refractivity contribution in [1.82, 2.24) is 20.3 Å². The third kappa shape index (κ3) is 3.46. The normalized spacial score (nSPS) is 17.8. The number of piperazine rings is 1. The van der Waals surface area contributed by atoms with Crippen LogP contribution >= 0.6 is 0 Å². The van der Waals surface area contributed by atoms with Gasteiger partial charge in [0.1, 0.15) is 0 Å². The molecule has 132 valence electrons. The van der Waals surface area contributed by atoms with Crippen LogP contribution in [0.15, 0.2) is 31.2 Å². The van der Waals surface area contributed by atoms with Gasteiger partial charge in [0.15, 0.2) is 0 Å². The van der Waals surface area contributed by atoms with Crippen LogP contribution in [0.4, 0.5) is 17.3 Å². The van der Waals surface area contributed by atoms with E-state index in [0.717, 1.165) is 68.0 Å². The summed E-state index contributed by atoms with van der Waals surface area (Å²) >= 11 is 0. The van der Waals surface area contributed by atoms with Crippen molar-refractivity contribution in [2.24, 2.45) is 0 Å². The topological polar surface area (TPSA) is 72.1 Å². The Morgan fingerprint density at radius 1 is 1.08 bits per heavy atom. The summed E-state index contributed by atoms with van der Waals surface area (Å²) in [7, 11) is 0. The lowest BCUT2D eigenvalue weighted by Crippen LogP contribution is -2.43. The lowest BCUT2D eigenvalue weighted by molar-refractivity contribution is 0.589. The molecular formula is C18H25N7. The predicted octanol–water partition coefficient (Wildman–Crippen LogP) is 1.90. The summed E-state index contributed by atoms with van der Waals surface area (Å²) < 4.78 is 0. The van der Waals surface area contributed by atoms with Gasteiger partial charge in [-0.15, -0.1) is 0 Å². The van der Waals surface area contributed by atoms with Crippen LogP contribution in [0.3, 0.4) is 0 Å². The molecular weight excluding hydrogens is 314 g/mol. The summed E-state index contributed by atoms with van der Waals surface area (Å²) in [5.74, 6) is 0.934. The number of hydrogen-bond donors (Lipinski definition) is 3. The van der Waals surface area contributed by atoms with Gasteiger partial charge in [0.25, 0.3) is 0 Å². The van der Waals surface area contributed by atoms with E-state index < -0.39 is 0 Å². The Balaban J connectivity index is 1.49. The zero-order valence-corrected chi connectivity index (χ0v) is 14.5. The molecule has 0 amide bonds. The molecule has 3 N–H and O–H groups in total. The summed E-state index contributed by atoms with van der Waals surface area (Å²) in [4.78, 5) is 16.8. The van der Waals surface area contributed by atoms with Crippen LogP contribution in [-0.4, -0.2) is 54.2 Å². The van der Waals surface area contributed by atoms with Crippen molar-refractivity contribution in [3.8, 4) is 0 Å². The van der Waals surface area contributed by atoms with Crippen molar-refractivity contribution in [3.05, 3.63) is 36.9 Å². The number of aromatic amines is 1. The predicted molar refractivity (Wildman–Crippen MR) is 102 cm³/mol. The molecule has 7 nitrogen and oxygen atoms in total. The number of rotatable bonds is 5. The fourth-order valence-corrected chi connectivity index (χ4v) is 3.45. The number of pyridine rings is 1. The Morgan fingerprint density at radius 2 is 1.88 bits per heavy atom. The fraction of sp³-hybridized carbons (Fsp3) is 0.444. The average Bonchev–Trinajstić information content (AvgIpc) is 3.34. The smallest absolute Gasteiger partial charge is 0.203 e. The van der Waals surface area contributed by atoms with Crippen LogP contribution in [0.2, 0.25) is 0 Å². The minimum atomic E-state index is 0.808. The van der Waals surface area contributed by atoms with E-state index in [9.17, 15) is 0 Å². The average molecular weight is 339 g/mol. The largest absolute Gasteiger partial charge is 0.367 e. The third-order valence-electron chi connectivity index (χ3n) is 4.83. The summed E-state index contributed by atoms with van der Waals surface area (Å²) in [5.41, 5.74) is 3.86. The van der Waals surface area contributed by atoms with Crippen molar-refractivity contribution in [1.29, 1.82) is 0 Å². The van der Waals surface area contributed by atoms with Gasteiger partial charge in [0.2, 0.25) is 5.95 Å². The maximum atomic E-state index is 4.51. The van der Waals surface area contributed by atoms with Crippen LogP contribution in [0, 0.1) is 0 Å². The molecule has 2 saturated heterocycles. The molecule has 25 heavy (non-hydrogen) atoms. The molecule has 2 fully saturated rings. The number of anilines is 3. The van der Waals surface area contributed by atoms with E-state index in [1.807, 2.05) is 18.6 Å². The molecule has 7 heteroatoms. The van der Waals surface area contributed by atoms with Crippen molar-refractivity contribution in [2.45, 2.75) is 12.8 Å². The van der Waals surface area contributed by atoms with E-state index in [2.05, 4.69) is 48.0 Å². The third-order valence-corrected chi connectivity index (χ3v) is 4.83. The number of H-pyrrole nitrogens is 1. The van der Waals surface area contributed by atoms with Gasteiger partial charge in [-0.3, -0.25) is 4.98 Å². The molecule has 2 aliphatic rings. The zero-order chi connectivity index (χ0) is 17.1. The first-order valence-electron chi connectivity index (χ1n) is 8.97. The number of nitrogens with zero attached hydrogens (tertiary/aromatic N) is 4. The number of hydrogen-bond acceptors (Lipinski definition) is 6. The van der Waals surface area contributed by atoms with Crippen molar-refractivity contribution >= 4 is 23.0 Å². The summed E-state index contributed by atoms with van der Waals surface area (Å²) in [6.45, 7) is 10.3. The molecule has 4 heterocycles. The molecule has 0 unspecified atom stereocenters. The molecule has 2 aliphatic heterocycles. The summed E-state index contributed by atoms with van der Waals surface area (Å²) in [6, 6.07) is 2.06. The fourth-order valence-electron chi connectivity index (χ4n) is 3.45. The van der Waals surface area contributed by atoms with E-state index in [4.69, 9.17) is 0 Å². The molecule has 4 rings (SSSR count). The summed E-state index contributed by atoms with van der Waals surface area (Å²) in [5, 5.41) is 6.81. The molecule has 0 aromatic carbocycles. The van der Waals surface area contributed by atoms with Crippen LogP contribution in [0.25, 0.3) is 5.70 Å². The minimum Gasteiger partial charge on any atom is -0.367 e. The summed E-state index contributed by atoms with van der Waals surface area (Å²) in [6.07, 6.45) is 8.02. The van der Waals surface area contributed by atoms with Crippen LogP contribution in [-0.2, 0) is 0 Å². The lowest BCUT2D eigenvalue weighted by atomic mass is 10.2. The highest BCUT2D eigenvalue weighted by molar-refractivity contribution is 5.81. The molecule has 0 bridgehead atoms. The molecule has 0 aliphatic carbocycles. The molecule has 0 spiro atoms. The van der Waals surface area contributed by atoms with E-state index in [0.29, 0.717) is 0 Å². The Labute approximate surface area is 148 Å². The lowest BCUT2D eigenvalue weighted by Gasteiger charge is -2.31. The second kappa shape index (κ2) is 7.14. The number of imidazole rings is 1. The van der Waals surface area contributed by atoms with Gasteiger partial charge in [0, 0.05) is 45.5 Å². The number of aromatic nitrogens is 3.